The topological polar surface area (TPSA) is 83.1 Å². The van der Waals surface area contributed by atoms with Crippen molar-refractivity contribution in [3.63, 3.8) is 0 Å². The van der Waals surface area contributed by atoms with Gasteiger partial charge in [-0.2, -0.15) is 0 Å². The Bertz CT molecular complexity index is 799. The standard InChI is InChI=1S/C24H31NO6/c1-28-17-7-9-18(10-8-17)31-22-14-30-21-13-19(11-12-20(21)24(22)27)29-15-23(26)25-16-5-3-2-4-6-16/h7-10,14,16,19-21H,2-6,11-13,15H2,1H3,(H,25,26). The van der Waals surface area contributed by atoms with Gasteiger partial charge in [0.05, 0.1) is 19.1 Å². The smallest absolute Gasteiger partial charge is 0.246 e. The molecule has 1 N–H and O–H groups in total. The van der Waals surface area contributed by atoms with Gasteiger partial charge in [-0.3, -0.25) is 9.59 Å². The summed E-state index contributed by atoms with van der Waals surface area (Å²) in [5, 5.41) is 3.07. The Balaban J connectivity index is 1.25. The molecule has 2 saturated carbocycles. The number of ether oxygens (including phenoxy) is 4. The van der Waals surface area contributed by atoms with Crippen LogP contribution in [-0.4, -0.2) is 43.7 Å². The lowest BCUT2D eigenvalue weighted by Gasteiger charge is -2.37. The third-order valence-electron chi connectivity index (χ3n) is 6.38. The molecule has 1 aliphatic heterocycles. The van der Waals surface area contributed by atoms with Crippen LogP contribution in [0.2, 0.25) is 0 Å². The number of carbonyl (C=O) groups is 2. The molecule has 3 aliphatic rings. The Hall–Kier alpha value is -2.54. The van der Waals surface area contributed by atoms with Crippen LogP contribution in [0.4, 0.5) is 0 Å². The average Bonchev–Trinajstić information content (AvgIpc) is 2.80. The Morgan fingerprint density at radius 3 is 2.55 bits per heavy atom. The molecule has 7 nitrogen and oxygen atoms in total. The van der Waals surface area contributed by atoms with Crippen molar-refractivity contribution in [2.75, 3.05) is 13.7 Å². The Morgan fingerprint density at radius 2 is 1.81 bits per heavy atom. The number of fused-ring (bicyclic) bond motifs is 1. The number of Topliss-reactive ketones (excluding diaryl/α,β-unsaturated/α-hetero) is 1. The first-order chi connectivity index (χ1) is 15.1. The molecule has 4 rings (SSSR count). The van der Waals surface area contributed by atoms with Gasteiger partial charge in [-0.15, -0.1) is 0 Å². The number of rotatable bonds is 7. The molecule has 0 saturated heterocycles. The molecule has 1 amide bonds. The first-order valence-electron chi connectivity index (χ1n) is 11.2. The molecule has 31 heavy (non-hydrogen) atoms. The summed E-state index contributed by atoms with van der Waals surface area (Å²) in [6.45, 7) is 0.0637. The largest absolute Gasteiger partial charge is 0.497 e. The highest BCUT2D eigenvalue weighted by Gasteiger charge is 2.41. The van der Waals surface area contributed by atoms with Crippen molar-refractivity contribution in [2.45, 2.75) is 69.6 Å². The van der Waals surface area contributed by atoms with E-state index in [1.165, 1.54) is 25.5 Å². The second-order valence-electron chi connectivity index (χ2n) is 8.55. The number of allylic oxidation sites excluding steroid dienone is 1. The Kier molecular flexibility index (Phi) is 7.12. The van der Waals surface area contributed by atoms with Crippen LogP contribution < -0.4 is 14.8 Å². The van der Waals surface area contributed by atoms with Gasteiger partial charge >= 0.3 is 0 Å². The Labute approximate surface area is 183 Å². The average molecular weight is 430 g/mol. The number of carbonyl (C=O) groups excluding carboxylic acids is 2. The van der Waals surface area contributed by atoms with Crippen molar-refractivity contribution in [2.24, 2.45) is 5.92 Å². The number of amides is 1. The summed E-state index contributed by atoms with van der Waals surface area (Å²) < 4.78 is 22.6. The zero-order valence-corrected chi connectivity index (χ0v) is 18.0. The van der Waals surface area contributed by atoms with Crippen LogP contribution in [0.15, 0.2) is 36.3 Å². The predicted molar refractivity (Wildman–Crippen MR) is 114 cm³/mol. The van der Waals surface area contributed by atoms with E-state index in [0.29, 0.717) is 18.6 Å². The maximum atomic E-state index is 12.9. The zero-order valence-electron chi connectivity index (χ0n) is 18.0. The minimum Gasteiger partial charge on any atom is -0.497 e. The number of benzene rings is 1. The maximum Gasteiger partial charge on any atom is 0.246 e. The molecule has 2 fully saturated rings. The lowest BCUT2D eigenvalue weighted by atomic mass is 9.80. The van der Waals surface area contributed by atoms with E-state index >= 15 is 0 Å². The molecule has 1 aromatic rings. The fourth-order valence-corrected chi connectivity index (χ4v) is 4.64. The summed E-state index contributed by atoms with van der Waals surface area (Å²) in [6.07, 6.45) is 8.80. The molecule has 3 unspecified atom stereocenters. The maximum absolute atomic E-state index is 12.9. The highest BCUT2D eigenvalue weighted by Crippen LogP contribution is 2.35. The second kappa shape index (κ2) is 10.2. The molecule has 0 bridgehead atoms. The van der Waals surface area contributed by atoms with Gasteiger partial charge in [0.25, 0.3) is 0 Å². The predicted octanol–water partition coefficient (Wildman–Crippen LogP) is 3.52. The number of hydrogen-bond acceptors (Lipinski definition) is 6. The van der Waals surface area contributed by atoms with E-state index in [9.17, 15) is 9.59 Å². The molecule has 3 atom stereocenters. The number of nitrogens with one attached hydrogen (secondary N) is 1. The minimum absolute atomic E-state index is 0.0411. The minimum atomic E-state index is -0.242. The van der Waals surface area contributed by atoms with Crippen LogP contribution in [0.1, 0.15) is 51.4 Å². The summed E-state index contributed by atoms with van der Waals surface area (Å²) in [6, 6.07) is 7.35. The zero-order chi connectivity index (χ0) is 21.6. The monoisotopic (exact) mass is 429 g/mol. The van der Waals surface area contributed by atoms with Gasteiger partial charge in [0, 0.05) is 12.5 Å². The summed E-state index contributed by atoms with van der Waals surface area (Å²) in [5.74, 6) is 1.17. The van der Waals surface area contributed by atoms with E-state index in [0.717, 1.165) is 25.0 Å². The van der Waals surface area contributed by atoms with Crippen LogP contribution in [0.5, 0.6) is 11.5 Å². The van der Waals surface area contributed by atoms with E-state index in [1.54, 1.807) is 31.4 Å². The molecule has 0 spiro atoms. The SMILES string of the molecule is COc1ccc(OC2=COC3CC(OCC(=O)NC4CCCCC4)CCC3C2=O)cc1. The van der Waals surface area contributed by atoms with Gasteiger partial charge in [-0.05, 0) is 49.9 Å². The van der Waals surface area contributed by atoms with Gasteiger partial charge in [0.15, 0.2) is 0 Å². The highest BCUT2D eigenvalue weighted by molar-refractivity contribution is 5.96. The molecule has 168 valence electrons. The fraction of sp³-hybridized carbons (Fsp3) is 0.583. The van der Waals surface area contributed by atoms with E-state index in [4.69, 9.17) is 18.9 Å². The highest BCUT2D eigenvalue weighted by atomic mass is 16.5. The summed E-state index contributed by atoms with van der Waals surface area (Å²) in [4.78, 5) is 25.1. The molecular weight excluding hydrogens is 398 g/mol. The first kappa shape index (κ1) is 21.7. The molecule has 7 heteroatoms. The molecule has 0 radical (unpaired) electrons. The van der Waals surface area contributed by atoms with Gasteiger partial charge in [-0.1, -0.05) is 19.3 Å². The summed E-state index contributed by atoms with van der Waals surface area (Å²) in [7, 11) is 1.60. The third-order valence-corrected chi connectivity index (χ3v) is 6.38. The van der Waals surface area contributed by atoms with Crippen molar-refractivity contribution < 1.29 is 28.5 Å². The van der Waals surface area contributed by atoms with Crippen LogP contribution in [0, 0.1) is 5.92 Å². The van der Waals surface area contributed by atoms with E-state index in [1.807, 2.05) is 0 Å². The number of ketones is 1. The summed E-state index contributed by atoms with van der Waals surface area (Å²) >= 11 is 0. The Morgan fingerprint density at radius 1 is 1.06 bits per heavy atom. The lowest BCUT2D eigenvalue weighted by molar-refractivity contribution is -0.138. The van der Waals surface area contributed by atoms with Crippen LogP contribution in [0.25, 0.3) is 0 Å². The second-order valence-corrected chi connectivity index (χ2v) is 8.55. The van der Waals surface area contributed by atoms with Crippen LogP contribution in [-0.2, 0) is 19.1 Å². The van der Waals surface area contributed by atoms with Gasteiger partial charge in [0.1, 0.15) is 30.5 Å². The van der Waals surface area contributed by atoms with E-state index < -0.39 is 0 Å². The fourth-order valence-electron chi connectivity index (χ4n) is 4.64. The molecule has 1 aromatic carbocycles. The van der Waals surface area contributed by atoms with Crippen molar-refractivity contribution >= 4 is 11.7 Å². The van der Waals surface area contributed by atoms with Crippen molar-refractivity contribution in [1.29, 1.82) is 0 Å². The molecular formula is C24H31NO6. The quantitative estimate of drug-likeness (QED) is 0.714. The van der Waals surface area contributed by atoms with E-state index in [2.05, 4.69) is 5.32 Å². The van der Waals surface area contributed by atoms with E-state index in [-0.39, 0.29) is 48.2 Å². The van der Waals surface area contributed by atoms with Gasteiger partial charge < -0.3 is 24.3 Å². The normalized spacial score (nSPS) is 26.3. The number of hydrogen-bond donors (Lipinski definition) is 1. The van der Waals surface area contributed by atoms with Crippen LogP contribution >= 0.6 is 0 Å². The lowest BCUT2D eigenvalue weighted by Crippen LogP contribution is -2.44. The molecule has 0 aromatic heterocycles. The molecule has 2 aliphatic carbocycles. The number of methoxy groups -OCH3 is 1. The first-order valence-corrected chi connectivity index (χ1v) is 11.2. The van der Waals surface area contributed by atoms with Crippen molar-refractivity contribution in [1.82, 2.24) is 5.32 Å². The van der Waals surface area contributed by atoms with Crippen molar-refractivity contribution in [3.8, 4) is 11.5 Å². The molecule has 1 heterocycles. The van der Waals surface area contributed by atoms with Crippen molar-refractivity contribution in [3.05, 3.63) is 36.3 Å². The van der Waals surface area contributed by atoms with Gasteiger partial charge in [0.2, 0.25) is 17.4 Å². The summed E-state index contributed by atoms with van der Waals surface area (Å²) in [5.41, 5.74) is 0. The third kappa shape index (κ3) is 5.58. The van der Waals surface area contributed by atoms with Gasteiger partial charge in [-0.25, -0.2) is 0 Å². The van der Waals surface area contributed by atoms with Crippen LogP contribution in [0.3, 0.4) is 0 Å².